The van der Waals surface area contributed by atoms with E-state index in [1.807, 2.05) is 0 Å². The minimum atomic E-state index is -3.84. The highest BCUT2D eigenvalue weighted by Gasteiger charge is 2.19. The van der Waals surface area contributed by atoms with E-state index in [1.165, 1.54) is 12.1 Å². The number of carbonyl (C=O) groups is 1. The van der Waals surface area contributed by atoms with Crippen LogP contribution in [-0.2, 0) is 10.0 Å². The Kier molecular flexibility index (Phi) is 4.34. The van der Waals surface area contributed by atoms with Crippen LogP contribution in [-0.4, -0.2) is 19.5 Å². The Hall–Kier alpha value is -1.86. The highest BCUT2D eigenvalue weighted by Crippen LogP contribution is 2.22. The molecule has 0 aromatic heterocycles. The molecule has 0 aliphatic rings. The van der Waals surface area contributed by atoms with Gasteiger partial charge in [-0.05, 0) is 48.9 Å². The monoisotopic (exact) mass is 369 g/mol. The molecule has 0 radical (unpaired) electrons. The number of nitrogens with one attached hydrogen (secondary N) is 1. The number of aromatic carboxylic acids is 1. The van der Waals surface area contributed by atoms with Crippen LogP contribution >= 0.6 is 15.9 Å². The fraction of sp³-hybridized carbons (Fsp3) is 0.0714. The summed E-state index contributed by atoms with van der Waals surface area (Å²) in [5.74, 6) is -1.17. The van der Waals surface area contributed by atoms with Gasteiger partial charge < -0.3 is 5.11 Å². The summed E-state index contributed by atoms with van der Waals surface area (Å²) in [4.78, 5) is 10.9. The van der Waals surface area contributed by atoms with E-state index >= 15 is 0 Å². The number of hydrogen-bond donors (Lipinski definition) is 2. The summed E-state index contributed by atoms with van der Waals surface area (Å²) in [7, 11) is -3.84. The first-order chi connectivity index (χ1) is 9.79. The van der Waals surface area contributed by atoms with E-state index in [0.717, 1.165) is 10.5 Å². The summed E-state index contributed by atoms with van der Waals surface area (Å²) in [6.45, 7) is 1.61. The lowest BCUT2D eigenvalue weighted by atomic mass is 10.1. The molecule has 2 aromatic carbocycles. The summed E-state index contributed by atoms with van der Waals surface area (Å²) in [5, 5.41) is 8.97. The molecule has 2 N–H and O–H groups in total. The molecule has 0 atom stereocenters. The van der Waals surface area contributed by atoms with E-state index in [9.17, 15) is 13.2 Å². The fourth-order valence-electron chi connectivity index (χ4n) is 1.75. The predicted octanol–water partition coefficient (Wildman–Crippen LogP) is 3.26. The van der Waals surface area contributed by atoms with Crippen molar-refractivity contribution in [2.75, 3.05) is 4.72 Å². The van der Waals surface area contributed by atoms with Crippen molar-refractivity contribution in [2.24, 2.45) is 0 Å². The SMILES string of the molecule is Cc1ccc(C(=O)O)cc1S(=O)(=O)Nc1ccc(Br)cc1. The lowest BCUT2D eigenvalue weighted by Crippen LogP contribution is -2.15. The van der Waals surface area contributed by atoms with E-state index in [0.29, 0.717) is 11.3 Å². The maximum absolute atomic E-state index is 12.4. The maximum atomic E-state index is 12.4. The van der Waals surface area contributed by atoms with Crippen LogP contribution in [0.4, 0.5) is 5.69 Å². The Morgan fingerprint density at radius 1 is 1.14 bits per heavy atom. The van der Waals surface area contributed by atoms with Crippen LogP contribution < -0.4 is 4.72 Å². The third-order valence-electron chi connectivity index (χ3n) is 2.82. The average Bonchev–Trinajstić information content (AvgIpc) is 2.41. The van der Waals surface area contributed by atoms with E-state index in [1.54, 1.807) is 31.2 Å². The minimum Gasteiger partial charge on any atom is -0.478 e. The van der Waals surface area contributed by atoms with Gasteiger partial charge in [-0.1, -0.05) is 22.0 Å². The highest BCUT2D eigenvalue weighted by molar-refractivity contribution is 9.10. The Labute approximate surface area is 130 Å². The summed E-state index contributed by atoms with van der Waals surface area (Å²) in [5.41, 5.74) is 0.805. The van der Waals surface area contributed by atoms with Crippen molar-refractivity contribution < 1.29 is 18.3 Å². The lowest BCUT2D eigenvalue weighted by molar-refractivity contribution is 0.0696. The number of halogens is 1. The molecule has 0 unspecified atom stereocenters. The van der Waals surface area contributed by atoms with Crippen molar-refractivity contribution >= 4 is 37.6 Å². The van der Waals surface area contributed by atoms with Crippen molar-refractivity contribution in [3.05, 3.63) is 58.1 Å². The van der Waals surface area contributed by atoms with Gasteiger partial charge in [0, 0.05) is 10.2 Å². The average molecular weight is 370 g/mol. The standard InChI is InChI=1S/C14H12BrNO4S/c1-9-2-3-10(14(17)18)8-13(9)21(19,20)16-12-6-4-11(15)5-7-12/h2-8,16H,1H3,(H,17,18). The fourth-order valence-corrected chi connectivity index (χ4v) is 3.35. The van der Waals surface area contributed by atoms with Crippen LogP contribution in [0.25, 0.3) is 0 Å². The van der Waals surface area contributed by atoms with E-state index in [2.05, 4.69) is 20.7 Å². The number of rotatable bonds is 4. The second kappa shape index (κ2) is 5.87. The van der Waals surface area contributed by atoms with Crippen LogP contribution in [0, 0.1) is 6.92 Å². The van der Waals surface area contributed by atoms with Crippen LogP contribution in [0.2, 0.25) is 0 Å². The van der Waals surface area contributed by atoms with Crippen LogP contribution in [0.1, 0.15) is 15.9 Å². The molecule has 0 spiro atoms. The number of carboxylic acid groups (broad SMARTS) is 1. The van der Waals surface area contributed by atoms with Crippen molar-refractivity contribution in [2.45, 2.75) is 11.8 Å². The molecule has 2 rings (SSSR count). The van der Waals surface area contributed by atoms with Crippen LogP contribution in [0.5, 0.6) is 0 Å². The zero-order valence-electron chi connectivity index (χ0n) is 11.0. The third-order valence-corrected chi connectivity index (χ3v) is 4.87. The number of hydrogen-bond acceptors (Lipinski definition) is 3. The maximum Gasteiger partial charge on any atom is 0.335 e. The Bertz CT molecular complexity index is 785. The van der Waals surface area contributed by atoms with Gasteiger partial charge in [0.05, 0.1) is 10.5 Å². The predicted molar refractivity (Wildman–Crippen MR) is 83.1 cm³/mol. The molecule has 0 aliphatic heterocycles. The van der Waals surface area contributed by atoms with E-state index in [-0.39, 0.29) is 10.5 Å². The molecular weight excluding hydrogens is 358 g/mol. The van der Waals surface area contributed by atoms with E-state index < -0.39 is 16.0 Å². The molecular formula is C14H12BrNO4S. The zero-order chi connectivity index (χ0) is 15.6. The first kappa shape index (κ1) is 15.5. The van der Waals surface area contributed by atoms with Gasteiger partial charge >= 0.3 is 5.97 Å². The molecule has 110 valence electrons. The Balaban J connectivity index is 2.41. The second-order valence-electron chi connectivity index (χ2n) is 4.40. The van der Waals surface area contributed by atoms with Gasteiger partial charge in [-0.2, -0.15) is 0 Å². The first-order valence-corrected chi connectivity index (χ1v) is 8.19. The molecule has 0 aliphatic carbocycles. The van der Waals surface area contributed by atoms with Gasteiger partial charge in [0.15, 0.2) is 0 Å². The smallest absolute Gasteiger partial charge is 0.335 e. The number of benzene rings is 2. The minimum absolute atomic E-state index is 0.0506. The highest BCUT2D eigenvalue weighted by atomic mass is 79.9. The van der Waals surface area contributed by atoms with Crippen molar-refractivity contribution in [1.82, 2.24) is 0 Å². The van der Waals surface area contributed by atoms with Crippen molar-refractivity contribution in [3.63, 3.8) is 0 Å². The molecule has 0 heterocycles. The largest absolute Gasteiger partial charge is 0.478 e. The number of anilines is 1. The summed E-state index contributed by atoms with van der Waals surface area (Å²) < 4.78 is 28.0. The van der Waals surface area contributed by atoms with Gasteiger partial charge in [-0.15, -0.1) is 0 Å². The van der Waals surface area contributed by atoms with Gasteiger partial charge in [-0.25, -0.2) is 13.2 Å². The topological polar surface area (TPSA) is 83.5 Å². The van der Waals surface area contributed by atoms with Gasteiger partial charge in [-0.3, -0.25) is 4.72 Å². The summed E-state index contributed by atoms with van der Waals surface area (Å²) in [6, 6.07) is 10.6. The van der Waals surface area contributed by atoms with E-state index in [4.69, 9.17) is 5.11 Å². The normalized spacial score (nSPS) is 11.1. The number of sulfonamides is 1. The summed E-state index contributed by atoms with van der Waals surface area (Å²) in [6.07, 6.45) is 0. The molecule has 0 saturated heterocycles. The molecule has 0 saturated carbocycles. The Morgan fingerprint density at radius 2 is 1.76 bits per heavy atom. The molecule has 21 heavy (non-hydrogen) atoms. The first-order valence-electron chi connectivity index (χ1n) is 5.92. The molecule has 0 fully saturated rings. The summed E-state index contributed by atoms with van der Waals surface area (Å²) >= 11 is 3.26. The van der Waals surface area contributed by atoms with Gasteiger partial charge in [0.1, 0.15) is 0 Å². The van der Waals surface area contributed by atoms with Crippen LogP contribution in [0.15, 0.2) is 51.8 Å². The molecule has 0 bridgehead atoms. The molecule has 7 heteroatoms. The third kappa shape index (κ3) is 3.62. The molecule has 2 aromatic rings. The number of aryl methyl sites for hydroxylation is 1. The number of carboxylic acids is 1. The zero-order valence-corrected chi connectivity index (χ0v) is 13.4. The van der Waals surface area contributed by atoms with Crippen molar-refractivity contribution in [3.8, 4) is 0 Å². The molecule has 5 nitrogen and oxygen atoms in total. The second-order valence-corrected chi connectivity index (χ2v) is 6.96. The van der Waals surface area contributed by atoms with Crippen molar-refractivity contribution in [1.29, 1.82) is 0 Å². The van der Waals surface area contributed by atoms with Gasteiger partial charge in [0.25, 0.3) is 10.0 Å². The lowest BCUT2D eigenvalue weighted by Gasteiger charge is -2.11. The van der Waals surface area contributed by atoms with Crippen LogP contribution in [0.3, 0.4) is 0 Å². The quantitative estimate of drug-likeness (QED) is 0.866. The van der Waals surface area contributed by atoms with Gasteiger partial charge in [0.2, 0.25) is 0 Å². The Morgan fingerprint density at radius 3 is 2.33 bits per heavy atom. The molecule has 0 amide bonds.